The molecule has 1 aliphatic heterocycles. The fourth-order valence-electron chi connectivity index (χ4n) is 2.07. The number of amides is 1. The first kappa shape index (κ1) is 12.1. The van der Waals surface area contributed by atoms with Gasteiger partial charge in [0.15, 0.2) is 0 Å². The van der Waals surface area contributed by atoms with Crippen LogP contribution in [0.25, 0.3) is 0 Å². The van der Waals surface area contributed by atoms with E-state index in [1.54, 1.807) is 6.07 Å². The molecule has 0 unspecified atom stereocenters. The van der Waals surface area contributed by atoms with Crippen LogP contribution in [0.4, 0.5) is 5.82 Å². The van der Waals surface area contributed by atoms with E-state index >= 15 is 0 Å². The van der Waals surface area contributed by atoms with Crippen molar-refractivity contribution in [2.75, 3.05) is 18.0 Å². The second-order valence-electron chi connectivity index (χ2n) is 4.26. The van der Waals surface area contributed by atoms with Crippen molar-refractivity contribution in [3.63, 3.8) is 0 Å². The fraction of sp³-hybridized carbons (Fsp3) is 0.545. The zero-order chi connectivity index (χ0) is 12.4. The monoisotopic (exact) mass is 254 g/mol. The van der Waals surface area contributed by atoms with Gasteiger partial charge in [-0.2, -0.15) is 0 Å². The Morgan fingerprint density at radius 2 is 2.12 bits per heavy atom. The number of aromatic nitrogens is 2. The third-order valence-corrected chi connectivity index (χ3v) is 3.21. The van der Waals surface area contributed by atoms with E-state index in [4.69, 9.17) is 17.3 Å². The second-order valence-corrected chi connectivity index (χ2v) is 4.65. The minimum Gasteiger partial charge on any atom is -0.369 e. The lowest BCUT2D eigenvalue weighted by molar-refractivity contribution is -0.122. The highest BCUT2D eigenvalue weighted by atomic mass is 35.5. The minimum absolute atomic E-state index is 0.00958. The maximum atomic E-state index is 11.1. The molecule has 5 nitrogen and oxygen atoms in total. The molecule has 1 saturated heterocycles. The number of carbonyl (C=O) groups excluding carboxylic acids is 1. The lowest BCUT2D eigenvalue weighted by atomic mass is 9.96. The summed E-state index contributed by atoms with van der Waals surface area (Å²) in [5.74, 6) is 1.26. The molecule has 0 aromatic carbocycles. The standard InChI is InChI=1S/C11H15ClN4O/c1-7-14-9(12)6-10(15-7)16-4-2-8(3-5-16)11(13)17/h6,8H,2-5H2,1H3,(H2,13,17). The van der Waals surface area contributed by atoms with Crippen LogP contribution in [-0.2, 0) is 4.79 Å². The molecule has 0 bridgehead atoms. The Kier molecular flexibility index (Phi) is 3.47. The molecule has 1 fully saturated rings. The maximum absolute atomic E-state index is 11.1. The van der Waals surface area contributed by atoms with Crippen LogP contribution in [0.1, 0.15) is 18.7 Å². The Bertz CT molecular complexity index is 409. The number of primary amides is 1. The minimum atomic E-state index is -0.207. The number of piperidine rings is 1. The first-order valence-electron chi connectivity index (χ1n) is 5.61. The zero-order valence-electron chi connectivity index (χ0n) is 9.69. The van der Waals surface area contributed by atoms with Gasteiger partial charge in [-0.3, -0.25) is 4.79 Å². The van der Waals surface area contributed by atoms with Crippen LogP contribution in [0, 0.1) is 12.8 Å². The Labute approximate surface area is 105 Å². The van der Waals surface area contributed by atoms with Gasteiger partial charge in [-0.05, 0) is 19.8 Å². The summed E-state index contributed by atoms with van der Waals surface area (Å²) < 4.78 is 0. The number of rotatable bonds is 2. The Hall–Kier alpha value is -1.36. The molecule has 6 heteroatoms. The van der Waals surface area contributed by atoms with Gasteiger partial charge in [0.1, 0.15) is 16.8 Å². The Morgan fingerprint density at radius 1 is 1.47 bits per heavy atom. The quantitative estimate of drug-likeness (QED) is 0.804. The van der Waals surface area contributed by atoms with Crippen LogP contribution in [0.5, 0.6) is 0 Å². The van der Waals surface area contributed by atoms with Crippen LogP contribution < -0.4 is 10.6 Å². The van der Waals surface area contributed by atoms with Crippen LogP contribution in [0.15, 0.2) is 6.07 Å². The molecule has 1 aliphatic rings. The number of carbonyl (C=O) groups is 1. The largest absolute Gasteiger partial charge is 0.369 e. The van der Waals surface area contributed by atoms with Gasteiger partial charge < -0.3 is 10.6 Å². The predicted molar refractivity (Wildman–Crippen MR) is 65.9 cm³/mol. The van der Waals surface area contributed by atoms with E-state index in [0.717, 1.165) is 31.7 Å². The van der Waals surface area contributed by atoms with Gasteiger partial charge in [0.2, 0.25) is 5.91 Å². The van der Waals surface area contributed by atoms with E-state index in [2.05, 4.69) is 14.9 Å². The number of nitrogens with two attached hydrogens (primary N) is 1. The van der Waals surface area contributed by atoms with E-state index in [1.807, 2.05) is 6.92 Å². The van der Waals surface area contributed by atoms with E-state index in [0.29, 0.717) is 11.0 Å². The molecule has 17 heavy (non-hydrogen) atoms. The first-order valence-corrected chi connectivity index (χ1v) is 5.99. The fourth-order valence-corrected chi connectivity index (χ4v) is 2.29. The lowest BCUT2D eigenvalue weighted by Gasteiger charge is -2.31. The number of nitrogens with zero attached hydrogens (tertiary/aromatic N) is 3. The van der Waals surface area contributed by atoms with Gasteiger partial charge in [0, 0.05) is 25.1 Å². The van der Waals surface area contributed by atoms with E-state index in [1.165, 1.54) is 0 Å². The summed E-state index contributed by atoms with van der Waals surface area (Å²) in [5.41, 5.74) is 5.30. The number of hydrogen-bond acceptors (Lipinski definition) is 4. The van der Waals surface area contributed by atoms with Crippen molar-refractivity contribution in [2.24, 2.45) is 11.7 Å². The van der Waals surface area contributed by atoms with E-state index in [9.17, 15) is 4.79 Å². The van der Waals surface area contributed by atoms with Crippen molar-refractivity contribution < 1.29 is 4.79 Å². The summed E-state index contributed by atoms with van der Waals surface area (Å²) in [6, 6.07) is 1.75. The van der Waals surface area contributed by atoms with Crippen molar-refractivity contribution >= 4 is 23.3 Å². The summed E-state index contributed by atoms with van der Waals surface area (Å²) in [4.78, 5) is 21.5. The van der Waals surface area contributed by atoms with Gasteiger partial charge in [0.05, 0.1) is 0 Å². The predicted octanol–water partition coefficient (Wildman–Crippen LogP) is 1.14. The van der Waals surface area contributed by atoms with Crippen LogP contribution >= 0.6 is 11.6 Å². The molecule has 1 amide bonds. The average Bonchev–Trinajstić information content (AvgIpc) is 2.28. The molecule has 2 N–H and O–H groups in total. The topological polar surface area (TPSA) is 72.1 Å². The molecule has 2 rings (SSSR count). The van der Waals surface area contributed by atoms with Gasteiger partial charge in [-0.1, -0.05) is 11.6 Å². The number of aryl methyl sites for hydroxylation is 1. The molecule has 2 heterocycles. The highest BCUT2D eigenvalue weighted by molar-refractivity contribution is 6.29. The Balaban J connectivity index is 2.07. The van der Waals surface area contributed by atoms with Gasteiger partial charge in [-0.15, -0.1) is 0 Å². The van der Waals surface area contributed by atoms with Crippen molar-refractivity contribution in [3.05, 3.63) is 17.0 Å². The second kappa shape index (κ2) is 4.87. The van der Waals surface area contributed by atoms with Crippen molar-refractivity contribution in [3.8, 4) is 0 Å². The zero-order valence-corrected chi connectivity index (χ0v) is 10.4. The van der Waals surface area contributed by atoms with Crippen molar-refractivity contribution in [1.82, 2.24) is 9.97 Å². The first-order chi connectivity index (χ1) is 8.06. The summed E-state index contributed by atoms with van der Waals surface area (Å²) in [5, 5.41) is 0.449. The lowest BCUT2D eigenvalue weighted by Crippen LogP contribution is -2.39. The molecule has 0 aliphatic carbocycles. The summed E-state index contributed by atoms with van der Waals surface area (Å²) in [6.07, 6.45) is 1.55. The third kappa shape index (κ3) is 2.85. The van der Waals surface area contributed by atoms with Crippen molar-refractivity contribution in [1.29, 1.82) is 0 Å². The molecule has 1 aromatic heterocycles. The highest BCUT2D eigenvalue weighted by Crippen LogP contribution is 2.23. The molecular formula is C11H15ClN4O. The van der Waals surface area contributed by atoms with Crippen LogP contribution in [0.3, 0.4) is 0 Å². The summed E-state index contributed by atoms with van der Waals surface area (Å²) in [7, 11) is 0. The number of hydrogen-bond donors (Lipinski definition) is 1. The molecule has 0 spiro atoms. The summed E-state index contributed by atoms with van der Waals surface area (Å²) in [6.45, 7) is 3.37. The van der Waals surface area contributed by atoms with Gasteiger partial charge in [-0.25, -0.2) is 9.97 Å². The van der Waals surface area contributed by atoms with Crippen LogP contribution in [0.2, 0.25) is 5.15 Å². The average molecular weight is 255 g/mol. The smallest absolute Gasteiger partial charge is 0.220 e. The third-order valence-electron chi connectivity index (χ3n) is 3.01. The SMILES string of the molecule is Cc1nc(Cl)cc(N2CCC(C(N)=O)CC2)n1. The molecule has 0 radical (unpaired) electrons. The molecule has 0 saturated carbocycles. The Morgan fingerprint density at radius 3 is 2.65 bits per heavy atom. The molecule has 1 aromatic rings. The summed E-state index contributed by atoms with van der Waals surface area (Å²) >= 11 is 5.90. The highest BCUT2D eigenvalue weighted by Gasteiger charge is 2.24. The molecule has 0 atom stereocenters. The number of anilines is 1. The maximum Gasteiger partial charge on any atom is 0.220 e. The molecular weight excluding hydrogens is 240 g/mol. The van der Waals surface area contributed by atoms with E-state index < -0.39 is 0 Å². The molecule has 92 valence electrons. The van der Waals surface area contributed by atoms with Crippen LogP contribution in [-0.4, -0.2) is 29.0 Å². The van der Waals surface area contributed by atoms with E-state index in [-0.39, 0.29) is 11.8 Å². The van der Waals surface area contributed by atoms with Gasteiger partial charge >= 0.3 is 0 Å². The number of halogens is 1. The van der Waals surface area contributed by atoms with Crippen molar-refractivity contribution in [2.45, 2.75) is 19.8 Å². The van der Waals surface area contributed by atoms with Gasteiger partial charge in [0.25, 0.3) is 0 Å². The normalized spacial score (nSPS) is 17.2.